The molecule has 3 atom stereocenters. The highest BCUT2D eigenvalue weighted by Crippen LogP contribution is 2.18. The molecule has 0 aromatic rings. The molecule has 0 aromatic heterocycles. The zero-order valence-electron chi connectivity index (χ0n) is 10.6. The van der Waals surface area contributed by atoms with Crippen molar-refractivity contribution in [2.45, 2.75) is 38.0 Å². The molecule has 0 radical (unpaired) electrons. The Hall–Kier alpha value is -0.950. The smallest absolute Gasteiger partial charge is 0.326 e. The molecule has 3 N–H and O–H groups in total. The van der Waals surface area contributed by atoms with Gasteiger partial charge in [0, 0.05) is 24.8 Å². The first-order valence-corrected chi connectivity index (χ1v) is 7.35. The number of carboxylic acid groups (broad SMARTS) is 1. The molecule has 0 saturated carbocycles. The van der Waals surface area contributed by atoms with Crippen molar-refractivity contribution in [3.05, 3.63) is 0 Å². The summed E-state index contributed by atoms with van der Waals surface area (Å²) in [4.78, 5) is 24.2. The third kappa shape index (κ3) is 3.78. The molecule has 7 heteroatoms. The van der Waals surface area contributed by atoms with Crippen molar-refractivity contribution >= 4 is 23.8 Å². The molecule has 1 aliphatic rings. The summed E-state index contributed by atoms with van der Waals surface area (Å²) in [5.41, 5.74) is 0. The van der Waals surface area contributed by atoms with Crippen LogP contribution in [0.25, 0.3) is 0 Å². The summed E-state index contributed by atoms with van der Waals surface area (Å²) >= 11 is 1.63. The average Bonchev–Trinajstić information content (AvgIpc) is 2.71. The number of rotatable bonds is 5. The maximum absolute atomic E-state index is 12.0. The molecule has 0 spiro atoms. The number of nitrogens with zero attached hydrogens (tertiary/aromatic N) is 1. The summed E-state index contributed by atoms with van der Waals surface area (Å²) in [6, 6.07) is -1.30. The Labute approximate surface area is 111 Å². The van der Waals surface area contributed by atoms with Gasteiger partial charge in [0.1, 0.15) is 6.04 Å². The van der Waals surface area contributed by atoms with Crippen LogP contribution in [0.5, 0.6) is 0 Å². The third-order valence-corrected chi connectivity index (χ3v) is 3.75. The predicted octanol–water partition coefficient (Wildman–Crippen LogP) is 0.357. The summed E-state index contributed by atoms with van der Waals surface area (Å²) in [6.45, 7) is 2.05. The van der Waals surface area contributed by atoms with Gasteiger partial charge in [0.25, 0.3) is 0 Å². The highest BCUT2D eigenvalue weighted by molar-refractivity contribution is 7.98. The second-order valence-electron chi connectivity index (χ2n) is 4.41. The fourth-order valence-corrected chi connectivity index (χ4v) is 2.71. The molecular formula is C11H20N2O4S. The van der Waals surface area contributed by atoms with Gasteiger partial charge in [0.2, 0.25) is 0 Å². The summed E-state index contributed by atoms with van der Waals surface area (Å²) in [5, 5.41) is 21.3. The lowest BCUT2D eigenvalue weighted by atomic mass is 10.2. The Morgan fingerprint density at radius 3 is 2.72 bits per heavy atom. The summed E-state index contributed by atoms with van der Waals surface area (Å²) in [7, 11) is 0. The first kappa shape index (κ1) is 15.1. The lowest BCUT2D eigenvalue weighted by Gasteiger charge is -2.25. The number of aliphatic hydroxyl groups excluding tert-OH is 1. The molecule has 1 saturated heterocycles. The lowest BCUT2D eigenvalue weighted by Crippen LogP contribution is -2.49. The van der Waals surface area contributed by atoms with E-state index in [1.165, 1.54) is 4.90 Å². The monoisotopic (exact) mass is 276 g/mol. The fraction of sp³-hybridized carbons (Fsp3) is 0.818. The highest BCUT2D eigenvalue weighted by Gasteiger charge is 2.39. The van der Waals surface area contributed by atoms with Crippen LogP contribution in [0.2, 0.25) is 0 Å². The number of carbonyl (C=O) groups is 2. The number of carbonyl (C=O) groups excluding carboxylic acids is 1. The molecule has 1 aliphatic heterocycles. The number of urea groups is 1. The summed E-state index contributed by atoms with van der Waals surface area (Å²) in [6.07, 6.45) is 2.09. The molecule has 0 bridgehead atoms. The molecule has 1 rings (SSSR count). The molecule has 0 aromatic carbocycles. The number of β-amino-alcohol motifs (C(OH)–C–C–N with tert-alkyl or cyclic N) is 1. The molecule has 2 amide bonds. The Kier molecular flexibility index (Phi) is 5.74. The number of amides is 2. The maximum atomic E-state index is 12.0. The van der Waals surface area contributed by atoms with Gasteiger partial charge in [-0.2, -0.15) is 11.8 Å². The van der Waals surface area contributed by atoms with Crippen LogP contribution in [0, 0.1) is 0 Å². The molecule has 0 aliphatic carbocycles. The van der Waals surface area contributed by atoms with E-state index in [9.17, 15) is 14.7 Å². The van der Waals surface area contributed by atoms with Gasteiger partial charge < -0.3 is 20.4 Å². The minimum atomic E-state index is -1.07. The van der Waals surface area contributed by atoms with E-state index in [0.717, 1.165) is 12.2 Å². The first-order valence-electron chi connectivity index (χ1n) is 5.96. The lowest BCUT2D eigenvalue weighted by molar-refractivity contribution is -0.141. The van der Waals surface area contributed by atoms with Crippen LogP contribution in [0.4, 0.5) is 4.79 Å². The van der Waals surface area contributed by atoms with E-state index in [1.54, 1.807) is 11.8 Å². The number of nitrogens with one attached hydrogen (secondary N) is 1. The largest absolute Gasteiger partial charge is 0.480 e. The number of hydrogen-bond acceptors (Lipinski definition) is 4. The minimum absolute atomic E-state index is 0.0275. The quantitative estimate of drug-likeness (QED) is 0.674. The average molecular weight is 276 g/mol. The first-order chi connectivity index (χ1) is 8.49. The molecule has 3 unspecified atom stereocenters. The minimum Gasteiger partial charge on any atom is -0.480 e. The second kappa shape index (κ2) is 6.84. The van der Waals surface area contributed by atoms with Crippen LogP contribution in [0.3, 0.4) is 0 Å². The van der Waals surface area contributed by atoms with Gasteiger partial charge in [-0.25, -0.2) is 9.59 Å². The van der Waals surface area contributed by atoms with Crippen molar-refractivity contribution < 1.29 is 19.8 Å². The van der Waals surface area contributed by atoms with Crippen molar-refractivity contribution in [3.8, 4) is 0 Å². The van der Waals surface area contributed by atoms with Gasteiger partial charge >= 0.3 is 12.0 Å². The van der Waals surface area contributed by atoms with Crippen molar-refractivity contribution in [2.75, 3.05) is 18.6 Å². The molecule has 104 valence electrons. The second-order valence-corrected chi connectivity index (χ2v) is 5.32. The molecular weight excluding hydrogens is 256 g/mol. The van der Waals surface area contributed by atoms with E-state index < -0.39 is 24.1 Å². The summed E-state index contributed by atoms with van der Waals surface area (Å²) < 4.78 is 0. The number of likely N-dealkylation sites (tertiary alicyclic amines) is 1. The molecule has 18 heavy (non-hydrogen) atoms. The van der Waals surface area contributed by atoms with Gasteiger partial charge in [0.15, 0.2) is 0 Å². The van der Waals surface area contributed by atoms with E-state index in [2.05, 4.69) is 5.32 Å². The standard InChI is InChI=1S/C11H20N2O4S/c1-3-7(6-18-2)12-11(17)13-5-8(14)4-9(13)10(15)16/h7-9,14H,3-6H2,1-2H3,(H,12,17)(H,15,16). The van der Waals surface area contributed by atoms with Crippen LogP contribution in [-0.2, 0) is 4.79 Å². The Morgan fingerprint density at radius 2 is 2.22 bits per heavy atom. The number of aliphatic hydroxyl groups is 1. The predicted molar refractivity (Wildman–Crippen MR) is 69.7 cm³/mol. The number of aliphatic carboxylic acids is 1. The van der Waals surface area contributed by atoms with Gasteiger partial charge in [-0.1, -0.05) is 6.92 Å². The number of thioether (sulfide) groups is 1. The molecule has 1 heterocycles. The van der Waals surface area contributed by atoms with Gasteiger partial charge in [-0.05, 0) is 12.7 Å². The van der Waals surface area contributed by atoms with Gasteiger partial charge in [-0.15, -0.1) is 0 Å². The van der Waals surface area contributed by atoms with Gasteiger partial charge in [0.05, 0.1) is 6.10 Å². The third-order valence-electron chi connectivity index (χ3n) is 3.01. The molecule has 1 fully saturated rings. The number of carboxylic acids is 1. The fourth-order valence-electron chi connectivity index (χ4n) is 1.99. The van der Waals surface area contributed by atoms with E-state index in [1.807, 2.05) is 13.2 Å². The number of hydrogen-bond donors (Lipinski definition) is 3. The van der Waals surface area contributed by atoms with Crippen molar-refractivity contribution in [1.29, 1.82) is 0 Å². The topological polar surface area (TPSA) is 89.9 Å². The zero-order valence-corrected chi connectivity index (χ0v) is 11.4. The van der Waals surface area contributed by atoms with Crippen LogP contribution in [0.1, 0.15) is 19.8 Å². The SMILES string of the molecule is CCC(CSC)NC(=O)N1CC(O)CC1C(=O)O. The van der Waals surface area contributed by atoms with Crippen LogP contribution in [0.15, 0.2) is 0 Å². The Morgan fingerprint density at radius 1 is 1.56 bits per heavy atom. The van der Waals surface area contributed by atoms with E-state index in [-0.39, 0.29) is 19.0 Å². The van der Waals surface area contributed by atoms with E-state index >= 15 is 0 Å². The van der Waals surface area contributed by atoms with Crippen LogP contribution < -0.4 is 5.32 Å². The Balaban J connectivity index is 2.61. The van der Waals surface area contributed by atoms with E-state index in [0.29, 0.717) is 0 Å². The maximum Gasteiger partial charge on any atom is 0.326 e. The van der Waals surface area contributed by atoms with Crippen molar-refractivity contribution in [2.24, 2.45) is 0 Å². The van der Waals surface area contributed by atoms with Gasteiger partial charge in [-0.3, -0.25) is 0 Å². The normalized spacial score (nSPS) is 24.9. The highest BCUT2D eigenvalue weighted by atomic mass is 32.2. The van der Waals surface area contributed by atoms with E-state index in [4.69, 9.17) is 5.11 Å². The van der Waals surface area contributed by atoms with Crippen LogP contribution >= 0.6 is 11.8 Å². The van der Waals surface area contributed by atoms with Crippen molar-refractivity contribution in [3.63, 3.8) is 0 Å². The van der Waals surface area contributed by atoms with Crippen LogP contribution in [-0.4, -0.2) is 63.9 Å². The Bertz CT molecular complexity index is 313. The zero-order chi connectivity index (χ0) is 13.7. The van der Waals surface area contributed by atoms with Crippen molar-refractivity contribution in [1.82, 2.24) is 10.2 Å². The molecule has 6 nitrogen and oxygen atoms in total. The summed E-state index contributed by atoms with van der Waals surface area (Å²) in [5.74, 6) is -0.282.